The van der Waals surface area contributed by atoms with Gasteiger partial charge in [0.05, 0.1) is 11.6 Å². The fourth-order valence-corrected chi connectivity index (χ4v) is 1.49. The van der Waals surface area contributed by atoms with E-state index in [-0.39, 0.29) is 5.92 Å². The molecule has 19 heavy (non-hydrogen) atoms. The van der Waals surface area contributed by atoms with Gasteiger partial charge >= 0.3 is 12.0 Å². The summed E-state index contributed by atoms with van der Waals surface area (Å²) in [5.74, 6) is -1.32. The van der Waals surface area contributed by atoms with Gasteiger partial charge in [0.15, 0.2) is 0 Å². The van der Waals surface area contributed by atoms with Gasteiger partial charge < -0.3 is 15.7 Å². The first kappa shape index (κ1) is 14.5. The number of hydrogen-bond donors (Lipinski definition) is 3. The molecule has 0 saturated carbocycles. The van der Waals surface area contributed by atoms with Crippen LogP contribution < -0.4 is 10.6 Å². The Hall–Kier alpha value is -2.55. The molecule has 1 aromatic rings. The van der Waals surface area contributed by atoms with E-state index in [9.17, 15) is 9.59 Å². The van der Waals surface area contributed by atoms with E-state index in [1.54, 1.807) is 32.0 Å². The number of nitrogens with zero attached hydrogens (tertiary/aromatic N) is 1. The first-order chi connectivity index (χ1) is 8.93. The van der Waals surface area contributed by atoms with E-state index in [1.807, 2.05) is 6.07 Å². The monoisotopic (exact) mass is 261 g/mol. The molecule has 1 atom stereocenters. The second-order valence-electron chi connectivity index (χ2n) is 4.35. The lowest BCUT2D eigenvalue weighted by Crippen LogP contribution is -2.46. The normalized spacial score (nSPS) is 11.5. The van der Waals surface area contributed by atoms with Crippen molar-refractivity contribution in [3.63, 3.8) is 0 Å². The summed E-state index contributed by atoms with van der Waals surface area (Å²) >= 11 is 0. The average molecular weight is 261 g/mol. The van der Waals surface area contributed by atoms with Crippen LogP contribution in [-0.4, -0.2) is 23.1 Å². The number of carboxylic acids is 1. The number of hydrogen-bond acceptors (Lipinski definition) is 3. The number of urea groups is 1. The number of nitrogens with one attached hydrogen (secondary N) is 2. The molecule has 0 saturated heterocycles. The largest absolute Gasteiger partial charge is 0.480 e. The van der Waals surface area contributed by atoms with Gasteiger partial charge in [0.1, 0.15) is 6.04 Å². The second-order valence-corrected chi connectivity index (χ2v) is 4.35. The number of rotatable bonds is 4. The third-order valence-corrected chi connectivity index (χ3v) is 2.47. The molecule has 1 aromatic carbocycles. The van der Waals surface area contributed by atoms with Crippen LogP contribution in [0.4, 0.5) is 10.5 Å². The summed E-state index contributed by atoms with van der Waals surface area (Å²) in [4.78, 5) is 22.6. The number of nitriles is 1. The highest BCUT2D eigenvalue weighted by Crippen LogP contribution is 2.10. The Bertz CT molecular complexity index is 520. The van der Waals surface area contributed by atoms with Gasteiger partial charge in [-0.1, -0.05) is 19.9 Å². The lowest BCUT2D eigenvalue weighted by molar-refractivity contribution is -0.140. The van der Waals surface area contributed by atoms with Crippen LogP contribution in [0.2, 0.25) is 0 Å². The van der Waals surface area contributed by atoms with Gasteiger partial charge in [-0.2, -0.15) is 5.26 Å². The summed E-state index contributed by atoms with van der Waals surface area (Å²) in [5.41, 5.74) is 0.848. The van der Waals surface area contributed by atoms with E-state index in [0.29, 0.717) is 11.3 Å². The van der Waals surface area contributed by atoms with Crippen LogP contribution in [0.15, 0.2) is 24.3 Å². The molecule has 100 valence electrons. The molecule has 0 radical (unpaired) electrons. The Labute approximate surface area is 111 Å². The molecular weight excluding hydrogens is 246 g/mol. The van der Waals surface area contributed by atoms with Gasteiger partial charge in [0.25, 0.3) is 0 Å². The molecule has 6 nitrogen and oxygen atoms in total. The van der Waals surface area contributed by atoms with Crippen molar-refractivity contribution >= 4 is 17.7 Å². The van der Waals surface area contributed by atoms with Crippen molar-refractivity contribution in [1.82, 2.24) is 5.32 Å². The van der Waals surface area contributed by atoms with E-state index in [0.717, 1.165) is 0 Å². The molecule has 0 heterocycles. The van der Waals surface area contributed by atoms with Gasteiger partial charge in [-0.3, -0.25) is 0 Å². The molecule has 2 amide bonds. The Morgan fingerprint density at radius 3 is 2.58 bits per heavy atom. The highest BCUT2D eigenvalue weighted by molar-refractivity contribution is 5.92. The fourth-order valence-electron chi connectivity index (χ4n) is 1.49. The number of anilines is 1. The molecular formula is C13H15N3O3. The Morgan fingerprint density at radius 2 is 2.05 bits per heavy atom. The highest BCUT2D eigenvalue weighted by Gasteiger charge is 2.23. The van der Waals surface area contributed by atoms with E-state index < -0.39 is 18.0 Å². The minimum absolute atomic E-state index is 0.228. The molecule has 0 unspecified atom stereocenters. The molecule has 0 aliphatic rings. The summed E-state index contributed by atoms with van der Waals surface area (Å²) in [6.45, 7) is 3.41. The average Bonchev–Trinajstić information content (AvgIpc) is 2.35. The van der Waals surface area contributed by atoms with Crippen molar-refractivity contribution in [1.29, 1.82) is 5.26 Å². The molecule has 6 heteroatoms. The maximum Gasteiger partial charge on any atom is 0.326 e. The first-order valence-electron chi connectivity index (χ1n) is 5.74. The summed E-state index contributed by atoms with van der Waals surface area (Å²) in [7, 11) is 0. The van der Waals surface area contributed by atoms with Crippen LogP contribution in [0, 0.1) is 17.2 Å². The maximum atomic E-state index is 11.7. The SMILES string of the molecule is CC(C)[C@H](NC(=O)Nc1cccc(C#N)c1)C(=O)O. The Balaban J connectivity index is 2.69. The number of aliphatic carboxylic acids is 1. The van der Waals surface area contributed by atoms with Crippen LogP contribution in [-0.2, 0) is 4.79 Å². The number of carbonyl (C=O) groups excluding carboxylic acids is 1. The van der Waals surface area contributed by atoms with E-state index in [4.69, 9.17) is 10.4 Å². The maximum absolute atomic E-state index is 11.7. The van der Waals surface area contributed by atoms with E-state index >= 15 is 0 Å². The van der Waals surface area contributed by atoms with Crippen molar-refractivity contribution in [2.45, 2.75) is 19.9 Å². The lowest BCUT2D eigenvalue weighted by atomic mass is 10.1. The fraction of sp³-hybridized carbons (Fsp3) is 0.308. The number of carboxylic acid groups (broad SMARTS) is 1. The Kier molecular flexibility index (Phi) is 4.89. The summed E-state index contributed by atoms with van der Waals surface area (Å²) in [6, 6.07) is 6.74. The van der Waals surface area contributed by atoms with Crippen molar-refractivity contribution < 1.29 is 14.7 Å². The van der Waals surface area contributed by atoms with Gasteiger partial charge in [-0.05, 0) is 24.1 Å². The van der Waals surface area contributed by atoms with Crippen molar-refractivity contribution in [2.75, 3.05) is 5.32 Å². The van der Waals surface area contributed by atoms with E-state index in [2.05, 4.69) is 10.6 Å². The Morgan fingerprint density at radius 1 is 1.37 bits per heavy atom. The molecule has 0 aromatic heterocycles. The molecule has 0 aliphatic carbocycles. The molecule has 3 N–H and O–H groups in total. The summed E-state index contributed by atoms with van der Waals surface area (Å²) in [6.07, 6.45) is 0. The molecule has 1 rings (SSSR count). The summed E-state index contributed by atoms with van der Waals surface area (Å²) in [5, 5.41) is 22.5. The lowest BCUT2D eigenvalue weighted by Gasteiger charge is -2.18. The number of carbonyl (C=O) groups is 2. The molecule has 0 spiro atoms. The van der Waals surface area contributed by atoms with Crippen molar-refractivity contribution in [2.24, 2.45) is 5.92 Å². The zero-order valence-electron chi connectivity index (χ0n) is 10.7. The first-order valence-corrected chi connectivity index (χ1v) is 5.74. The summed E-state index contributed by atoms with van der Waals surface area (Å²) < 4.78 is 0. The zero-order valence-corrected chi connectivity index (χ0v) is 10.7. The van der Waals surface area contributed by atoms with Crippen molar-refractivity contribution in [3.05, 3.63) is 29.8 Å². The highest BCUT2D eigenvalue weighted by atomic mass is 16.4. The van der Waals surface area contributed by atoms with Crippen LogP contribution in [0.3, 0.4) is 0 Å². The minimum Gasteiger partial charge on any atom is -0.480 e. The van der Waals surface area contributed by atoms with Crippen LogP contribution >= 0.6 is 0 Å². The van der Waals surface area contributed by atoms with Gasteiger partial charge in [-0.25, -0.2) is 9.59 Å². The molecule has 0 bridgehead atoms. The molecule has 0 fully saturated rings. The number of amides is 2. The van der Waals surface area contributed by atoms with Crippen molar-refractivity contribution in [3.8, 4) is 6.07 Å². The predicted octanol–water partition coefficient (Wildman–Crippen LogP) is 1.79. The standard InChI is InChI=1S/C13H15N3O3/c1-8(2)11(12(17)18)16-13(19)15-10-5-3-4-9(6-10)7-14/h3-6,8,11H,1-2H3,(H,17,18)(H2,15,16,19)/t11-/m0/s1. The third-order valence-electron chi connectivity index (χ3n) is 2.47. The quantitative estimate of drug-likeness (QED) is 0.768. The third kappa shape index (κ3) is 4.32. The predicted molar refractivity (Wildman–Crippen MR) is 69.6 cm³/mol. The van der Waals surface area contributed by atoms with Crippen LogP contribution in [0.25, 0.3) is 0 Å². The van der Waals surface area contributed by atoms with Gasteiger partial charge in [0.2, 0.25) is 0 Å². The number of benzene rings is 1. The second kappa shape index (κ2) is 6.40. The molecule has 0 aliphatic heterocycles. The minimum atomic E-state index is -1.09. The van der Waals surface area contributed by atoms with E-state index in [1.165, 1.54) is 6.07 Å². The smallest absolute Gasteiger partial charge is 0.326 e. The van der Waals surface area contributed by atoms with Crippen LogP contribution in [0.1, 0.15) is 19.4 Å². The van der Waals surface area contributed by atoms with Gasteiger partial charge in [0, 0.05) is 5.69 Å². The topological polar surface area (TPSA) is 102 Å². The zero-order chi connectivity index (χ0) is 14.4. The van der Waals surface area contributed by atoms with Gasteiger partial charge in [-0.15, -0.1) is 0 Å². The van der Waals surface area contributed by atoms with Crippen LogP contribution in [0.5, 0.6) is 0 Å².